The number of hydrogen-bond donors (Lipinski definition) is 1. The van der Waals surface area contributed by atoms with Crippen molar-refractivity contribution >= 4 is 23.3 Å². The van der Waals surface area contributed by atoms with E-state index in [4.69, 9.17) is 0 Å². The molecule has 3 rings (SSSR count). The van der Waals surface area contributed by atoms with E-state index in [-0.39, 0.29) is 5.91 Å². The highest BCUT2D eigenvalue weighted by Crippen LogP contribution is 2.21. The van der Waals surface area contributed by atoms with Crippen LogP contribution >= 0.6 is 11.5 Å². The number of nitrogens with one attached hydrogen (secondary N) is 1. The summed E-state index contributed by atoms with van der Waals surface area (Å²) in [5.41, 5.74) is 1.55. The van der Waals surface area contributed by atoms with Crippen LogP contribution < -0.4 is 10.2 Å². The van der Waals surface area contributed by atoms with Crippen LogP contribution in [0.5, 0.6) is 0 Å². The van der Waals surface area contributed by atoms with E-state index in [1.165, 1.54) is 30.8 Å². The second-order valence-electron chi connectivity index (χ2n) is 5.54. The Morgan fingerprint density at radius 3 is 2.91 bits per heavy atom. The van der Waals surface area contributed by atoms with E-state index >= 15 is 0 Å². The molecule has 116 valence electrons. The highest BCUT2D eigenvalue weighted by molar-refractivity contribution is 7.05. The van der Waals surface area contributed by atoms with Crippen molar-refractivity contribution in [2.75, 3.05) is 18.0 Å². The van der Waals surface area contributed by atoms with Gasteiger partial charge in [0, 0.05) is 36.3 Å². The van der Waals surface area contributed by atoms with Gasteiger partial charge in [0.1, 0.15) is 11.5 Å². The standard InChI is InChI=1S/C16H20N4OS/c1-12-10-14(19-22-12)16(21)18-11-13-6-5-7-17-15(13)20-8-3-2-4-9-20/h5-7,10H,2-4,8-9,11H2,1H3,(H,18,21). The molecule has 3 heterocycles. The first kappa shape index (κ1) is 15.0. The minimum atomic E-state index is -0.127. The van der Waals surface area contributed by atoms with Crippen molar-refractivity contribution in [3.63, 3.8) is 0 Å². The van der Waals surface area contributed by atoms with Crippen molar-refractivity contribution in [2.24, 2.45) is 0 Å². The third-order valence-corrected chi connectivity index (χ3v) is 4.52. The van der Waals surface area contributed by atoms with Gasteiger partial charge in [-0.15, -0.1) is 0 Å². The molecule has 0 aromatic carbocycles. The molecule has 1 aliphatic rings. The molecule has 0 atom stereocenters. The summed E-state index contributed by atoms with van der Waals surface area (Å²) in [5, 5.41) is 2.95. The lowest BCUT2D eigenvalue weighted by Crippen LogP contribution is -2.32. The predicted molar refractivity (Wildman–Crippen MR) is 88.3 cm³/mol. The zero-order valence-corrected chi connectivity index (χ0v) is 13.5. The number of nitrogens with zero attached hydrogens (tertiary/aromatic N) is 3. The van der Waals surface area contributed by atoms with E-state index in [1.54, 1.807) is 0 Å². The van der Waals surface area contributed by atoms with E-state index in [0.29, 0.717) is 12.2 Å². The number of aryl methyl sites for hydroxylation is 1. The van der Waals surface area contributed by atoms with Crippen molar-refractivity contribution in [1.82, 2.24) is 14.7 Å². The van der Waals surface area contributed by atoms with Crippen molar-refractivity contribution < 1.29 is 4.79 Å². The van der Waals surface area contributed by atoms with Gasteiger partial charge in [-0.25, -0.2) is 4.98 Å². The normalized spacial score (nSPS) is 14.9. The number of piperidine rings is 1. The van der Waals surface area contributed by atoms with Crippen LogP contribution in [0.4, 0.5) is 5.82 Å². The fourth-order valence-electron chi connectivity index (χ4n) is 2.70. The number of pyridine rings is 1. The number of amides is 1. The molecule has 1 amide bonds. The van der Waals surface area contributed by atoms with Crippen LogP contribution in [-0.2, 0) is 6.54 Å². The van der Waals surface area contributed by atoms with Gasteiger partial charge >= 0.3 is 0 Å². The maximum Gasteiger partial charge on any atom is 0.271 e. The number of anilines is 1. The van der Waals surface area contributed by atoms with Gasteiger partial charge in [-0.05, 0) is 49.9 Å². The van der Waals surface area contributed by atoms with Gasteiger partial charge in [0.15, 0.2) is 0 Å². The first-order valence-electron chi connectivity index (χ1n) is 7.64. The maximum absolute atomic E-state index is 12.1. The zero-order valence-electron chi connectivity index (χ0n) is 12.7. The minimum absolute atomic E-state index is 0.127. The Morgan fingerprint density at radius 2 is 2.18 bits per heavy atom. The molecule has 1 aliphatic heterocycles. The Labute approximate surface area is 134 Å². The maximum atomic E-state index is 12.1. The molecule has 2 aromatic heterocycles. The molecule has 0 unspecified atom stereocenters. The fourth-order valence-corrected chi connectivity index (χ4v) is 3.24. The van der Waals surface area contributed by atoms with E-state index in [0.717, 1.165) is 29.3 Å². The third kappa shape index (κ3) is 3.44. The Bertz CT molecular complexity index is 649. The van der Waals surface area contributed by atoms with Crippen LogP contribution in [0.15, 0.2) is 24.4 Å². The highest BCUT2D eigenvalue weighted by Gasteiger charge is 2.16. The summed E-state index contributed by atoms with van der Waals surface area (Å²) in [6.45, 7) is 4.52. The third-order valence-electron chi connectivity index (χ3n) is 3.82. The minimum Gasteiger partial charge on any atom is -0.356 e. The van der Waals surface area contributed by atoms with Crippen molar-refractivity contribution in [2.45, 2.75) is 32.7 Å². The lowest BCUT2D eigenvalue weighted by molar-refractivity contribution is 0.0947. The van der Waals surface area contributed by atoms with Crippen molar-refractivity contribution in [1.29, 1.82) is 0 Å². The topological polar surface area (TPSA) is 58.1 Å². The van der Waals surface area contributed by atoms with Gasteiger partial charge < -0.3 is 10.2 Å². The van der Waals surface area contributed by atoms with Gasteiger partial charge in [-0.1, -0.05) is 6.07 Å². The molecule has 1 N–H and O–H groups in total. The smallest absolute Gasteiger partial charge is 0.271 e. The van der Waals surface area contributed by atoms with E-state index in [1.807, 2.05) is 31.3 Å². The predicted octanol–water partition coefficient (Wildman–Crippen LogP) is 2.77. The summed E-state index contributed by atoms with van der Waals surface area (Å²) in [6, 6.07) is 5.76. The molecule has 0 aliphatic carbocycles. The van der Waals surface area contributed by atoms with Crippen LogP contribution in [0.3, 0.4) is 0 Å². The van der Waals surface area contributed by atoms with Gasteiger partial charge in [-0.3, -0.25) is 4.79 Å². The molecule has 2 aromatic rings. The summed E-state index contributed by atoms with van der Waals surface area (Å²) < 4.78 is 4.14. The van der Waals surface area contributed by atoms with Crippen molar-refractivity contribution in [3.8, 4) is 0 Å². The van der Waals surface area contributed by atoms with Crippen LogP contribution in [0.1, 0.15) is 40.2 Å². The number of rotatable bonds is 4. The molecule has 0 bridgehead atoms. The van der Waals surface area contributed by atoms with Crippen LogP contribution in [-0.4, -0.2) is 28.4 Å². The lowest BCUT2D eigenvalue weighted by atomic mass is 10.1. The molecule has 5 nitrogen and oxygen atoms in total. The molecular weight excluding hydrogens is 296 g/mol. The first-order chi connectivity index (χ1) is 10.7. The van der Waals surface area contributed by atoms with Gasteiger partial charge in [0.2, 0.25) is 0 Å². The Morgan fingerprint density at radius 1 is 1.36 bits per heavy atom. The Hall–Kier alpha value is -1.95. The largest absolute Gasteiger partial charge is 0.356 e. The molecule has 1 saturated heterocycles. The molecule has 1 fully saturated rings. The van der Waals surface area contributed by atoms with Gasteiger partial charge in [-0.2, -0.15) is 4.37 Å². The zero-order chi connectivity index (χ0) is 15.4. The molecule has 0 radical (unpaired) electrons. The van der Waals surface area contributed by atoms with E-state index in [9.17, 15) is 4.79 Å². The van der Waals surface area contributed by atoms with Crippen molar-refractivity contribution in [3.05, 3.63) is 40.5 Å². The number of carbonyl (C=O) groups is 1. The Balaban J connectivity index is 1.68. The lowest BCUT2D eigenvalue weighted by Gasteiger charge is -2.29. The number of carbonyl (C=O) groups excluding carboxylic acids is 1. The van der Waals surface area contributed by atoms with E-state index < -0.39 is 0 Å². The highest BCUT2D eigenvalue weighted by atomic mass is 32.1. The monoisotopic (exact) mass is 316 g/mol. The van der Waals surface area contributed by atoms with Gasteiger partial charge in [0.05, 0.1) is 0 Å². The number of hydrogen-bond acceptors (Lipinski definition) is 5. The average molecular weight is 316 g/mol. The summed E-state index contributed by atoms with van der Waals surface area (Å²) in [6.07, 6.45) is 5.53. The Kier molecular flexibility index (Phi) is 4.68. The quantitative estimate of drug-likeness (QED) is 0.942. The van der Waals surface area contributed by atoms with Crippen LogP contribution in [0.2, 0.25) is 0 Å². The van der Waals surface area contributed by atoms with Crippen LogP contribution in [0, 0.1) is 6.92 Å². The van der Waals surface area contributed by atoms with Gasteiger partial charge in [0.25, 0.3) is 5.91 Å². The number of aromatic nitrogens is 2. The fraction of sp³-hybridized carbons (Fsp3) is 0.438. The summed E-state index contributed by atoms with van der Waals surface area (Å²) in [7, 11) is 0. The second kappa shape index (κ2) is 6.87. The molecule has 6 heteroatoms. The molecule has 0 spiro atoms. The second-order valence-corrected chi connectivity index (χ2v) is 6.55. The molecule has 22 heavy (non-hydrogen) atoms. The SMILES string of the molecule is Cc1cc(C(=O)NCc2cccnc2N2CCCCC2)ns1. The first-order valence-corrected chi connectivity index (χ1v) is 8.42. The summed E-state index contributed by atoms with van der Waals surface area (Å²) >= 11 is 1.35. The average Bonchev–Trinajstić information content (AvgIpc) is 3.00. The van der Waals surface area contributed by atoms with Crippen LogP contribution in [0.25, 0.3) is 0 Å². The summed E-state index contributed by atoms with van der Waals surface area (Å²) in [4.78, 5) is 20.0. The molecule has 0 saturated carbocycles. The van der Waals surface area contributed by atoms with E-state index in [2.05, 4.69) is 19.6 Å². The molecular formula is C16H20N4OS. The summed E-state index contributed by atoms with van der Waals surface area (Å²) in [5.74, 6) is 0.870.